The molecule has 1 fully saturated rings. The van der Waals surface area contributed by atoms with Crippen molar-refractivity contribution >= 4 is 12.0 Å². The average Bonchev–Trinajstić information content (AvgIpc) is 2.44. The summed E-state index contributed by atoms with van der Waals surface area (Å²) in [5.41, 5.74) is 0.901. The second-order valence-electron chi connectivity index (χ2n) is 5.08. The SMILES string of the molecule is COc1ccccc1/C=C/C(=O)N1CC(C)OC(C)C1. The molecule has 1 saturated heterocycles. The van der Waals surface area contributed by atoms with Crippen LogP contribution in [-0.2, 0) is 9.53 Å². The third-order valence-corrected chi connectivity index (χ3v) is 3.28. The molecule has 0 radical (unpaired) electrons. The second-order valence-corrected chi connectivity index (χ2v) is 5.08. The van der Waals surface area contributed by atoms with E-state index >= 15 is 0 Å². The van der Waals surface area contributed by atoms with E-state index < -0.39 is 0 Å². The molecule has 0 aromatic heterocycles. The third-order valence-electron chi connectivity index (χ3n) is 3.28. The quantitative estimate of drug-likeness (QED) is 0.795. The molecule has 0 spiro atoms. The molecule has 0 bridgehead atoms. The summed E-state index contributed by atoms with van der Waals surface area (Å²) in [7, 11) is 1.62. The Labute approximate surface area is 120 Å². The number of nitrogens with zero attached hydrogens (tertiary/aromatic N) is 1. The molecule has 1 heterocycles. The first-order chi connectivity index (χ1) is 9.60. The van der Waals surface area contributed by atoms with Crippen molar-refractivity contribution in [3.63, 3.8) is 0 Å². The average molecular weight is 275 g/mol. The van der Waals surface area contributed by atoms with Gasteiger partial charge in [0.2, 0.25) is 5.91 Å². The molecular formula is C16H21NO3. The van der Waals surface area contributed by atoms with Crippen molar-refractivity contribution in [2.45, 2.75) is 26.1 Å². The molecule has 0 N–H and O–H groups in total. The summed E-state index contributed by atoms with van der Waals surface area (Å²) in [5, 5.41) is 0. The van der Waals surface area contributed by atoms with E-state index in [2.05, 4.69) is 0 Å². The van der Waals surface area contributed by atoms with Crippen molar-refractivity contribution in [1.29, 1.82) is 0 Å². The van der Waals surface area contributed by atoms with Crippen LogP contribution in [0.3, 0.4) is 0 Å². The third kappa shape index (κ3) is 3.61. The van der Waals surface area contributed by atoms with Crippen molar-refractivity contribution in [2.24, 2.45) is 0 Å². The lowest BCUT2D eigenvalue weighted by Crippen LogP contribution is -2.47. The maximum absolute atomic E-state index is 12.2. The number of hydrogen-bond acceptors (Lipinski definition) is 3. The van der Waals surface area contributed by atoms with Gasteiger partial charge < -0.3 is 14.4 Å². The van der Waals surface area contributed by atoms with Gasteiger partial charge in [-0.1, -0.05) is 18.2 Å². The second kappa shape index (κ2) is 6.57. The summed E-state index contributed by atoms with van der Waals surface area (Å²) < 4.78 is 10.9. The van der Waals surface area contributed by atoms with Crippen LogP contribution in [0.15, 0.2) is 30.3 Å². The predicted octanol–water partition coefficient (Wildman–Crippen LogP) is 2.34. The van der Waals surface area contributed by atoms with Crippen LogP contribution in [0, 0.1) is 0 Å². The van der Waals surface area contributed by atoms with Gasteiger partial charge in [-0.2, -0.15) is 0 Å². The Balaban J connectivity index is 2.05. The Bertz CT molecular complexity index is 488. The van der Waals surface area contributed by atoms with Crippen LogP contribution >= 0.6 is 0 Å². The van der Waals surface area contributed by atoms with E-state index in [4.69, 9.17) is 9.47 Å². The van der Waals surface area contributed by atoms with Crippen LogP contribution in [0.2, 0.25) is 0 Å². The molecule has 2 unspecified atom stereocenters. The molecule has 1 aliphatic rings. The van der Waals surface area contributed by atoms with E-state index in [1.807, 2.05) is 43.0 Å². The fourth-order valence-corrected chi connectivity index (χ4v) is 2.43. The maximum atomic E-state index is 12.2. The number of carbonyl (C=O) groups is 1. The van der Waals surface area contributed by atoms with Crippen molar-refractivity contribution in [3.8, 4) is 5.75 Å². The minimum Gasteiger partial charge on any atom is -0.496 e. The minimum atomic E-state index is 0.0120. The standard InChI is InChI=1S/C16H21NO3/c1-12-10-17(11-13(2)20-12)16(18)9-8-14-6-4-5-7-15(14)19-3/h4-9,12-13H,10-11H2,1-3H3/b9-8+. The zero-order chi connectivity index (χ0) is 14.5. The van der Waals surface area contributed by atoms with E-state index in [9.17, 15) is 4.79 Å². The van der Waals surface area contributed by atoms with Crippen LogP contribution < -0.4 is 4.74 Å². The van der Waals surface area contributed by atoms with Crippen LogP contribution in [0.4, 0.5) is 0 Å². The summed E-state index contributed by atoms with van der Waals surface area (Å²) in [6.45, 7) is 5.25. The molecule has 1 aromatic carbocycles. The first-order valence-electron chi connectivity index (χ1n) is 6.85. The van der Waals surface area contributed by atoms with Crippen LogP contribution in [0.1, 0.15) is 19.4 Å². The lowest BCUT2D eigenvalue weighted by molar-refractivity contribution is -0.137. The molecular weight excluding hydrogens is 254 g/mol. The topological polar surface area (TPSA) is 38.8 Å². The summed E-state index contributed by atoms with van der Waals surface area (Å²) in [6, 6.07) is 7.63. The highest BCUT2D eigenvalue weighted by Crippen LogP contribution is 2.19. The van der Waals surface area contributed by atoms with Gasteiger partial charge >= 0.3 is 0 Å². The zero-order valence-electron chi connectivity index (χ0n) is 12.2. The molecule has 108 valence electrons. The van der Waals surface area contributed by atoms with Crippen molar-refractivity contribution in [3.05, 3.63) is 35.9 Å². The highest BCUT2D eigenvalue weighted by Gasteiger charge is 2.24. The van der Waals surface area contributed by atoms with E-state index in [1.165, 1.54) is 0 Å². The molecule has 1 aliphatic heterocycles. The molecule has 2 atom stereocenters. The number of carbonyl (C=O) groups excluding carboxylic acids is 1. The molecule has 0 saturated carbocycles. The van der Waals surface area contributed by atoms with Gasteiger partial charge in [0.05, 0.1) is 19.3 Å². The maximum Gasteiger partial charge on any atom is 0.246 e. The molecule has 4 nitrogen and oxygen atoms in total. The van der Waals surface area contributed by atoms with Gasteiger partial charge in [-0.25, -0.2) is 0 Å². The van der Waals surface area contributed by atoms with E-state index in [-0.39, 0.29) is 18.1 Å². The Morgan fingerprint density at radius 3 is 2.60 bits per heavy atom. The summed E-state index contributed by atoms with van der Waals surface area (Å²) in [4.78, 5) is 14.0. The lowest BCUT2D eigenvalue weighted by Gasteiger charge is -2.34. The van der Waals surface area contributed by atoms with Crippen LogP contribution in [0.25, 0.3) is 6.08 Å². The summed E-state index contributed by atoms with van der Waals surface area (Å²) in [5.74, 6) is 0.776. The highest BCUT2D eigenvalue weighted by molar-refractivity contribution is 5.92. The Kier molecular flexibility index (Phi) is 4.79. The van der Waals surface area contributed by atoms with Crippen molar-refractivity contribution < 1.29 is 14.3 Å². The molecule has 1 amide bonds. The van der Waals surface area contributed by atoms with E-state index in [0.717, 1.165) is 11.3 Å². The number of ether oxygens (including phenoxy) is 2. The molecule has 2 rings (SSSR count). The molecule has 20 heavy (non-hydrogen) atoms. The minimum absolute atomic E-state index is 0.0120. The highest BCUT2D eigenvalue weighted by atomic mass is 16.5. The Hall–Kier alpha value is -1.81. The fraction of sp³-hybridized carbons (Fsp3) is 0.438. The van der Waals surface area contributed by atoms with Gasteiger partial charge in [-0.3, -0.25) is 4.79 Å². The van der Waals surface area contributed by atoms with Crippen LogP contribution in [-0.4, -0.2) is 43.2 Å². The number of benzene rings is 1. The first-order valence-corrected chi connectivity index (χ1v) is 6.85. The summed E-state index contributed by atoms with van der Waals surface area (Å²) in [6.07, 6.45) is 3.57. The number of amides is 1. The predicted molar refractivity (Wildman–Crippen MR) is 78.6 cm³/mol. The monoisotopic (exact) mass is 275 g/mol. The van der Waals surface area contributed by atoms with Crippen molar-refractivity contribution in [2.75, 3.05) is 20.2 Å². The molecule has 4 heteroatoms. The number of methoxy groups -OCH3 is 1. The Morgan fingerprint density at radius 1 is 1.30 bits per heavy atom. The van der Waals surface area contributed by atoms with Gasteiger partial charge in [0, 0.05) is 24.7 Å². The smallest absolute Gasteiger partial charge is 0.246 e. The molecule has 1 aromatic rings. The van der Waals surface area contributed by atoms with E-state index in [0.29, 0.717) is 13.1 Å². The van der Waals surface area contributed by atoms with Gasteiger partial charge in [0.25, 0.3) is 0 Å². The largest absolute Gasteiger partial charge is 0.496 e. The Morgan fingerprint density at radius 2 is 1.95 bits per heavy atom. The van der Waals surface area contributed by atoms with Crippen LogP contribution in [0.5, 0.6) is 5.75 Å². The zero-order valence-corrected chi connectivity index (χ0v) is 12.2. The van der Waals surface area contributed by atoms with Gasteiger partial charge in [0.15, 0.2) is 0 Å². The first kappa shape index (κ1) is 14.6. The van der Waals surface area contributed by atoms with Gasteiger partial charge in [-0.15, -0.1) is 0 Å². The van der Waals surface area contributed by atoms with Gasteiger partial charge in [-0.05, 0) is 26.0 Å². The fourth-order valence-electron chi connectivity index (χ4n) is 2.43. The lowest BCUT2D eigenvalue weighted by atomic mass is 10.1. The number of morpholine rings is 1. The summed E-state index contributed by atoms with van der Waals surface area (Å²) >= 11 is 0. The number of para-hydroxylation sites is 1. The molecule has 0 aliphatic carbocycles. The van der Waals surface area contributed by atoms with E-state index in [1.54, 1.807) is 19.3 Å². The normalized spacial score (nSPS) is 23.1. The van der Waals surface area contributed by atoms with Gasteiger partial charge in [0.1, 0.15) is 5.75 Å². The van der Waals surface area contributed by atoms with Crippen molar-refractivity contribution in [1.82, 2.24) is 4.90 Å². The number of hydrogen-bond donors (Lipinski definition) is 0. The number of rotatable bonds is 3.